The summed E-state index contributed by atoms with van der Waals surface area (Å²) in [4.78, 5) is 0. The second kappa shape index (κ2) is 5.65. The monoisotopic (exact) mass is 341 g/mol. The molecule has 0 saturated carbocycles. The molecule has 0 fully saturated rings. The summed E-state index contributed by atoms with van der Waals surface area (Å²) in [5.74, 6) is 0. The predicted molar refractivity (Wildman–Crippen MR) is 82.5 cm³/mol. The first-order valence-corrected chi connectivity index (χ1v) is 7.27. The minimum absolute atomic E-state index is 0.0755. The number of benzene rings is 1. The molecule has 0 aliphatic heterocycles. The molecule has 0 bridgehead atoms. The lowest BCUT2D eigenvalue weighted by atomic mass is 9.96. The second-order valence-corrected chi connectivity index (χ2v) is 6.06. The van der Waals surface area contributed by atoms with Crippen LogP contribution in [0.4, 0.5) is 0 Å². The molecule has 2 aromatic rings. The van der Waals surface area contributed by atoms with Crippen LogP contribution >= 0.6 is 27.5 Å². The van der Waals surface area contributed by atoms with Crippen molar-refractivity contribution in [3.05, 3.63) is 50.2 Å². The molecule has 2 rings (SSSR count). The summed E-state index contributed by atoms with van der Waals surface area (Å²) in [7, 11) is 1.84. The van der Waals surface area contributed by atoms with Crippen molar-refractivity contribution in [1.29, 1.82) is 0 Å². The van der Waals surface area contributed by atoms with E-state index in [4.69, 9.17) is 17.3 Å². The lowest BCUT2D eigenvalue weighted by Gasteiger charge is -2.15. The molecule has 0 saturated heterocycles. The van der Waals surface area contributed by atoms with Crippen LogP contribution in [0.1, 0.15) is 28.4 Å². The van der Waals surface area contributed by atoms with Gasteiger partial charge in [0, 0.05) is 23.1 Å². The summed E-state index contributed by atoms with van der Waals surface area (Å²) in [6.07, 6.45) is 0.695. The van der Waals surface area contributed by atoms with Gasteiger partial charge in [0.15, 0.2) is 0 Å². The van der Waals surface area contributed by atoms with E-state index >= 15 is 0 Å². The molecule has 1 aromatic carbocycles. The maximum Gasteiger partial charge on any atom is 0.130 e. The van der Waals surface area contributed by atoms with Gasteiger partial charge in [-0.05, 0) is 43.5 Å². The summed E-state index contributed by atoms with van der Waals surface area (Å²) in [6.45, 7) is 4.03. The standard InChI is InChI=1S/C14H17BrClN3/c1-8-6-10(15)4-5-11(8)13(17)7-12-9(2)18-19(3)14(12)16/h4-6,13H,7,17H2,1-3H3. The van der Waals surface area contributed by atoms with Gasteiger partial charge in [0.05, 0.1) is 5.69 Å². The van der Waals surface area contributed by atoms with Gasteiger partial charge in [0.2, 0.25) is 0 Å². The van der Waals surface area contributed by atoms with Crippen molar-refractivity contribution < 1.29 is 0 Å². The van der Waals surface area contributed by atoms with E-state index < -0.39 is 0 Å². The molecule has 0 spiro atoms. The summed E-state index contributed by atoms with van der Waals surface area (Å²) in [5, 5.41) is 4.98. The number of aromatic nitrogens is 2. The topological polar surface area (TPSA) is 43.8 Å². The number of nitrogens with two attached hydrogens (primary N) is 1. The Balaban J connectivity index is 2.28. The van der Waals surface area contributed by atoms with Gasteiger partial charge in [-0.25, -0.2) is 0 Å². The van der Waals surface area contributed by atoms with Crippen LogP contribution in [-0.4, -0.2) is 9.78 Å². The van der Waals surface area contributed by atoms with E-state index in [9.17, 15) is 0 Å². The maximum atomic E-state index is 6.31. The van der Waals surface area contributed by atoms with Gasteiger partial charge in [-0.1, -0.05) is 33.6 Å². The number of hydrogen-bond acceptors (Lipinski definition) is 2. The summed E-state index contributed by atoms with van der Waals surface area (Å²) >= 11 is 9.71. The Bertz CT molecular complexity index is 607. The Hall–Kier alpha value is -0.840. The van der Waals surface area contributed by atoms with E-state index in [2.05, 4.69) is 40.1 Å². The highest BCUT2D eigenvalue weighted by Crippen LogP contribution is 2.27. The van der Waals surface area contributed by atoms with E-state index in [0.29, 0.717) is 11.6 Å². The van der Waals surface area contributed by atoms with Crippen LogP contribution < -0.4 is 5.73 Å². The smallest absolute Gasteiger partial charge is 0.130 e. The van der Waals surface area contributed by atoms with Crippen LogP contribution in [0.15, 0.2) is 22.7 Å². The molecule has 19 heavy (non-hydrogen) atoms. The second-order valence-electron chi connectivity index (χ2n) is 4.79. The lowest BCUT2D eigenvalue weighted by Crippen LogP contribution is -2.15. The van der Waals surface area contributed by atoms with Crippen LogP contribution in [0.25, 0.3) is 0 Å². The minimum Gasteiger partial charge on any atom is -0.324 e. The first-order chi connectivity index (χ1) is 8.90. The third-order valence-corrected chi connectivity index (χ3v) is 4.29. The van der Waals surface area contributed by atoms with Crippen LogP contribution in [0.5, 0.6) is 0 Å². The highest BCUT2D eigenvalue weighted by Gasteiger charge is 2.17. The van der Waals surface area contributed by atoms with Gasteiger partial charge in [0.1, 0.15) is 5.15 Å². The van der Waals surface area contributed by atoms with Gasteiger partial charge < -0.3 is 5.73 Å². The molecule has 5 heteroatoms. The van der Waals surface area contributed by atoms with Crippen LogP contribution in [-0.2, 0) is 13.5 Å². The fourth-order valence-electron chi connectivity index (χ4n) is 2.29. The number of aryl methyl sites for hydroxylation is 3. The molecular formula is C14H17BrClN3. The highest BCUT2D eigenvalue weighted by molar-refractivity contribution is 9.10. The van der Waals surface area contributed by atoms with E-state index in [1.165, 1.54) is 5.56 Å². The molecule has 0 amide bonds. The Kier molecular flexibility index (Phi) is 4.33. The third kappa shape index (κ3) is 3.02. The molecule has 1 heterocycles. The highest BCUT2D eigenvalue weighted by atomic mass is 79.9. The Labute approximate surface area is 126 Å². The first-order valence-electron chi connectivity index (χ1n) is 6.09. The van der Waals surface area contributed by atoms with Crippen molar-refractivity contribution in [1.82, 2.24) is 9.78 Å². The molecular weight excluding hydrogens is 326 g/mol. The summed E-state index contributed by atoms with van der Waals surface area (Å²) < 4.78 is 2.75. The largest absolute Gasteiger partial charge is 0.324 e. The Morgan fingerprint density at radius 3 is 2.63 bits per heavy atom. The quantitative estimate of drug-likeness (QED) is 0.924. The van der Waals surface area contributed by atoms with E-state index in [1.807, 2.05) is 20.0 Å². The molecule has 3 nitrogen and oxygen atoms in total. The third-order valence-electron chi connectivity index (χ3n) is 3.33. The molecule has 2 N–H and O–H groups in total. The molecule has 0 aliphatic rings. The molecule has 0 radical (unpaired) electrons. The van der Waals surface area contributed by atoms with E-state index in [-0.39, 0.29) is 6.04 Å². The normalized spacial score (nSPS) is 12.7. The van der Waals surface area contributed by atoms with Crippen LogP contribution in [0.3, 0.4) is 0 Å². The maximum absolute atomic E-state index is 6.31. The SMILES string of the molecule is Cc1cc(Br)ccc1C(N)Cc1c(C)nn(C)c1Cl. The molecule has 1 atom stereocenters. The van der Waals surface area contributed by atoms with Gasteiger partial charge in [-0.15, -0.1) is 0 Å². The van der Waals surface area contributed by atoms with E-state index in [0.717, 1.165) is 21.3 Å². The van der Waals surface area contributed by atoms with E-state index in [1.54, 1.807) is 4.68 Å². The predicted octanol–water partition coefficient (Wildman–Crippen LogP) is 3.70. The van der Waals surface area contributed by atoms with Gasteiger partial charge in [-0.2, -0.15) is 5.10 Å². The van der Waals surface area contributed by atoms with Crippen molar-refractivity contribution in [2.75, 3.05) is 0 Å². The number of rotatable bonds is 3. The average molecular weight is 343 g/mol. The van der Waals surface area contributed by atoms with Crippen LogP contribution in [0.2, 0.25) is 5.15 Å². The van der Waals surface area contributed by atoms with Crippen molar-refractivity contribution in [2.24, 2.45) is 12.8 Å². The fraction of sp³-hybridized carbons (Fsp3) is 0.357. The van der Waals surface area contributed by atoms with Crippen molar-refractivity contribution in [2.45, 2.75) is 26.3 Å². The Morgan fingerprint density at radius 1 is 1.42 bits per heavy atom. The zero-order valence-electron chi connectivity index (χ0n) is 11.2. The van der Waals surface area contributed by atoms with Crippen molar-refractivity contribution in [3.8, 4) is 0 Å². The van der Waals surface area contributed by atoms with Gasteiger partial charge in [0.25, 0.3) is 0 Å². The average Bonchev–Trinajstić information content (AvgIpc) is 2.56. The van der Waals surface area contributed by atoms with Gasteiger partial charge >= 0.3 is 0 Å². The fourth-order valence-corrected chi connectivity index (χ4v) is 3.02. The van der Waals surface area contributed by atoms with Crippen molar-refractivity contribution in [3.63, 3.8) is 0 Å². The van der Waals surface area contributed by atoms with Crippen molar-refractivity contribution >= 4 is 27.5 Å². The zero-order chi connectivity index (χ0) is 14.2. The molecule has 1 aromatic heterocycles. The van der Waals surface area contributed by atoms with Crippen LogP contribution in [0, 0.1) is 13.8 Å². The number of hydrogen-bond donors (Lipinski definition) is 1. The number of halogens is 2. The minimum atomic E-state index is -0.0755. The Morgan fingerprint density at radius 2 is 2.11 bits per heavy atom. The lowest BCUT2D eigenvalue weighted by molar-refractivity contribution is 0.713. The first kappa shape index (κ1) is 14.6. The molecule has 0 aliphatic carbocycles. The molecule has 102 valence electrons. The number of nitrogens with zero attached hydrogens (tertiary/aromatic N) is 2. The van der Waals surface area contributed by atoms with Gasteiger partial charge in [-0.3, -0.25) is 4.68 Å². The zero-order valence-corrected chi connectivity index (χ0v) is 13.6. The summed E-state index contributed by atoms with van der Waals surface area (Å²) in [6, 6.07) is 6.07. The summed E-state index contributed by atoms with van der Waals surface area (Å²) in [5.41, 5.74) is 10.6. The molecule has 1 unspecified atom stereocenters.